The maximum absolute atomic E-state index is 5.76. The largest absolute Gasteiger partial charge is 0.457 e. The normalized spacial score (nSPS) is 10.1. The van der Waals surface area contributed by atoms with Crippen molar-refractivity contribution < 1.29 is 4.74 Å². The van der Waals surface area contributed by atoms with E-state index in [1.165, 1.54) is 5.69 Å². The molecule has 94 valence electrons. The third-order valence-corrected chi connectivity index (χ3v) is 2.94. The van der Waals surface area contributed by atoms with E-state index in [0.717, 1.165) is 24.6 Å². The van der Waals surface area contributed by atoms with Gasteiger partial charge in [0.05, 0.1) is 0 Å². The molecule has 0 atom stereocenters. The van der Waals surface area contributed by atoms with Crippen LogP contribution in [0, 0.1) is 0 Å². The summed E-state index contributed by atoms with van der Waals surface area (Å²) in [7, 11) is 0. The van der Waals surface area contributed by atoms with Crippen molar-refractivity contribution in [2.45, 2.75) is 13.8 Å². The molecule has 0 heterocycles. The van der Waals surface area contributed by atoms with Crippen molar-refractivity contribution >= 4 is 5.69 Å². The van der Waals surface area contributed by atoms with Crippen LogP contribution in [0.1, 0.15) is 13.8 Å². The molecule has 2 nitrogen and oxygen atoms in total. The van der Waals surface area contributed by atoms with Crippen LogP contribution in [0.2, 0.25) is 0 Å². The number of para-hydroxylation sites is 1. The van der Waals surface area contributed by atoms with Crippen LogP contribution in [-0.4, -0.2) is 13.1 Å². The van der Waals surface area contributed by atoms with Gasteiger partial charge in [-0.3, -0.25) is 0 Å². The Hall–Kier alpha value is -1.96. The summed E-state index contributed by atoms with van der Waals surface area (Å²) in [6.45, 7) is 6.38. The Labute approximate surface area is 109 Å². The smallest absolute Gasteiger partial charge is 0.127 e. The number of hydrogen-bond donors (Lipinski definition) is 0. The predicted octanol–water partition coefficient (Wildman–Crippen LogP) is 4.33. The van der Waals surface area contributed by atoms with E-state index < -0.39 is 0 Å². The average molecular weight is 241 g/mol. The van der Waals surface area contributed by atoms with E-state index in [2.05, 4.69) is 30.9 Å². The summed E-state index contributed by atoms with van der Waals surface area (Å²) >= 11 is 0. The van der Waals surface area contributed by atoms with Gasteiger partial charge in [0.15, 0.2) is 0 Å². The summed E-state index contributed by atoms with van der Waals surface area (Å²) in [6.07, 6.45) is 0. The Morgan fingerprint density at radius 2 is 1.33 bits per heavy atom. The first-order valence-electron chi connectivity index (χ1n) is 6.41. The highest BCUT2D eigenvalue weighted by Gasteiger charge is 2.02. The highest BCUT2D eigenvalue weighted by Crippen LogP contribution is 2.24. The molecular formula is C16H19NO. The predicted molar refractivity (Wildman–Crippen MR) is 76.5 cm³/mol. The molecule has 18 heavy (non-hydrogen) atoms. The molecule has 0 saturated carbocycles. The van der Waals surface area contributed by atoms with E-state index in [1.807, 2.05) is 42.5 Å². The Bertz CT molecular complexity index is 460. The van der Waals surface area contributed by atoms with Gasteiger partial charge in [0, 0.05) is 18.8 Å². The number of ether oxygens (including phenoxy) is 1. The SMILES string of the molecule is CCN(CC)c1ccc(Oc2ccccc2)cc1. The second kappa shape index (κ2) is 6.10. The minimum Gasteiger partial charge on any atom is -0.457 e. The lowest BCUT2D eigenvalue weighted by molar-refractivity contribution is 0.482. The number of hydrogen-bond acceptors (Lipinski definition) is 2. The molecular weight excluding hydrogens is 222 g/mol. The minimum atomic E-state index is 0.869. The zero-order valence-corrected chi connectivity index (χ0v) is 11.0. The molecule has 0 aromatic heterocycles. The van der Waals surface area contributed by atoms with Gasteiger partial charge in [-0.1, -0.05) is 18.2 Å². The monoisotopic (exact) mass is 241 g/mol. The van der Waals surface area contributed by atoms with Crippen LogP contribution in [-0.2, 0) is 0 Å². The molecule has 2 heteroatoms. The van der Waals surface area contributed by atoms with Gasteiger partial charge in [0.2, 0.25) is 0 Å². The van der Waals surface area contributed by atoms with E-state index in [1.54, 1.807) is 0 Å². The number of nitrogens with zero attached hydrogens (tertiary/aromatic N) is 1. The van der Waals surface area contributed by atoms with Gasteiger partial charge in [0.25, 0.3) is 0 Å². The molecule has 2 aromatic rings. The summed E-state index contributed by atoms with van der Waals surface area (Å²) in [5, 5.41) is 0. The fourth-order valence-corrected chi connectivity index (χ4v) is 1.94. The molecule has 2 rings (SSSR count). The van der Waals surface area contributed by atoms with Crippen molar-refractivity contribution in [2.75, 3.05) is 18.0 Å². The Morgan fingerprint density at radius 3 is 1.89 bits per heavy atom. The van der Waals surface area contributed by atoms with Gasteiger partial charge in [-0.15, -0.1) is 0 Å². The Morgan fingerprint density at radius 1 is 0.778 bits per heavy atom. The lowest BCUT2D eigenvalue weighted by Gasteiger charge is -2.21. The van der Waals surface area contributed by atoms with Crippen LogP contribution in [0.15, 0.2) is 54.6 Å². The van der Waals surface area contributed by atoms with Crippen molar-refractivity contribution in [3.63, 3.8) is 0 Å². The second-order valence-electron chi connectivity index (χ2n) is 4.08. The molecule has 0 aliphatic heterocycles. The molecule has 0 aliphatic rings. The quantitative estimate of drug-likeness (QED) is 0.772. The first-order valence-corrected chi connectivity index (χ1v) is 6.41. The lowest BCUT2D eigenvalue weighted by atomic mass is 10.2. The van der Waals surface area contributed by atoms with Crippen molar-refractivity contribution in [3.8, 4) is 11.5 Å². The summed E-state index contributed by atoms with van der Waals surface area (Å²) in [6, 6.07) is 18.1. The molecule has 0 fully saturated rings. The van der Waals surface area contributed by atoms with Crippen molar-refractivity contribution in [1.82, 2.24) is 0 Å². The molecule has 0 N–H and O–H groups in total. The third-order valence-electron chi connectivity index (χ3n) is 2.94. The minimum absolute atomic E-state index is 0.869. The first kappa shape index (κ1) is 12.5. The van der Waals surface area contributed by atoms with Crippen LogP contribution >= 0.6 is 0 Å². The Balaban J connectivity index is 2.08. The molecule has 2 aromatic carbocycles. The fourth-order valence-electron chi connectivity index (χ4n) is 1.94. The number of rotatable bonds is 5. The topological polar surface area (TPSA) is 12.5 Å². The highest BCUT2D eigenvalue weighted by molar-refractivity contribution is 5.49. The maximum atomic E-state index is 5.76. The molecule has 0 unspecified atom stereocenters. The van der Waals surface area contributed by atoms with E-state index in [4.69, 9.17) is 4.74 Å². The van der Waals surface area contributed by atoms with Gasteiger partial charge in [0.1, 0.15) is 11.5 Å². The maximum Gasteiger partial charge on any atom is 0.127 e. The molecule has 0 amide bonds. The van der Waals surface area contributed by atoms with Crippen LogP contribution in [0.3, 0.4) is 0 Å². The van der Waals surface area contributed by atoms with Crippen LogP contribution in [0.5, 0.6) is 11.5 Å². The summed E-state index contributed by atoms with van der Waals surface area (Å²) in [5.41, 5.74) is 1.24. The van der Waals surface area contributed by atoms with E-state index in [9.17, 15) is 0 Å². The van der Waals surface area contributed by atoms with Crippen molar-refractivity contribution in [2.24, 2.45) is 0 Å². The van der Waals surface area contributed by atoms with Gasteiger partial charge in [-0.05, 0) is 50.2 Å². The Kier molecular flexibility index (Phi) is 4.24. The second-order valence-corrected chi connectivity index (χ2v) is 4.08. The summed E-state index contributed by atoms with van der Waals surface area (Å²) in [5.74, 6) is 1.74. The van der Waals surface area contributed by atoms with Crippen LogP contribution < -0.4 is 9.64 Å². The van der Waals surface area contributed by atoms with E-state index >= 15 is 0 Å². The standard InChI is InChI=1S/C16H19NO/c1-3-17(4-2)14-10-12-16(13-11-14)18-15-8-6-5-7-9-15/h5-13H,3-4H2,1-2H3. The summed E-state index contributed by atoms with van der Waals surface area (Å²) in [4.78, 5) is 2.31. The fraction of sp³-hybridized carbons (Fsp3) is 0.250. The van der Waals surface area contributed by atoms with E-state index in [-0.39, 0.29) is 0 Å². The van der Waals surface area contributed by atoms with Crippen LogP contribution in [0.4, 0.5) is 5.69 Å². The molecule has 0 spiro atoms. The zero-order valence-electron chi connectivity index (χ0n) is 11.0. The van der Waals surface area contributed by atoms with Gasteiger partial charge >= 0.3 is 0 Å². The van der Waals surface area contributed by atoms with Crippen molar-refractivity contribution in [1.29, 1.82) is 0 Å². The lowest BCUT2D eigenvalue weighted by Crippen LogP contribution is -2.21. The molecule has 0 saturated heterocycles. The molecule has 0 aliphatic carbocycles. The zero-order chi connectivity index (χ0) is 12.8. The van der Waals surface area contributed by atoms with Crippen molar-refractivity contribution in [3.05, 3.63) is 54.6 Å². The highest BCUT2D eigenvalue weighted by atomic mass is 16.5. The molecule has 0 radical (unpaired) electrons. The average Bonchev–Trinajstić information content (AvgIpc) is 2.43. The summed E-state index contributed by atoms with van der Waals surface area (Å²) < 4.78 is 5.76. The molecule has 0 bridgehead atoms. The first-order chi connectivity index (χ1) is 8.83. The number of anilines is 1. The number of benzene rings is 2. The third kappa shape index (κ3) is 3.04. The van der Waals surface area contributed by atoms with Gasteiger partial charge in [-0.2, -0.15) is 0 Å². The van der Waals surface area contributed by atoms with Crippen LogP contribution in [0.25, 0.3) is 0 Å². The van der Waals surface area contributed by atoms with Gasteiger partial charge < -0.3 is 9.64 Å². The van der Waals surface area contributed by atoms with E-state index in [0.29, 0.717) is 0 Å². The van der Waals surface area contributed by atoms with Gasteiger partial charge in [-0.25, -0.2) is 0 Å².